The van der Waals surface area contributed by atoms with E-state index in [-0.39, 0.29) is 37.6 Å². The molecule has 0 aliphatic carbocycles. The van der Waals surface area contributed by atoms with Gasteiger partial charge in [0.2, 0.25) is 5.91 Å². The van der Waals surface area contributed by atoms with Crippen molar-refractivity contribution in [1.29, 1.82) is 0 Å². The number of benzene rings is 1. The van der Waals surface area contributed by atoms with Crippen molar-refractivity contribution >= 4 is 40.6 Å². The number of carbonyl (C=O) groups is 1. The zero-order valence-electron chi connectivity index (χ0n) is 16.8. The first-order valence-corrected chi connectivity index (χ1v) is 10.6. The number of hydrogen-bond donors (Lipinski definition) is 3. The quantitative estimate of drug-likeness (QED) is 0.636. The molecule has 3 heterocycles. The van der Waals surface area contributed by atoms with E-state index in [4.69, 9.17) is 27.9 Å². The number of carbonyl (C=O) groups excluding carboxylic acids is 1. The molecule has 2 atom stereocenters. The minimum atomic E-state index is -1.57. The van der Waals surface area contributed by atoms with Gasteiger partial charge in [0.25, 0.3) is 0 Å². The molecule has 31 heavy (non-hydrogen) atoms. The standard InChI is InChI=1S/C21H22Cl2FN3O4/c1-20(29)10-27(19-14(23)8-12(22)9-25-19)7-6-21(20,30)11-31-16-4-3-15(24)18-13(16)2-5-17(28)26-18/h3-4,8-9,29-30H,2,5-7,10-11H2,1H3,(H,26,28)/t20-,21-/m0/s1. The Hall–Kier alpha value is -2.13. The highest BCUT2D eigenvalue weighted by Gasteiger charge is 2.51. The summed E-state index contributed by atoms with van der Waals surface area (Å²) < 4.78 is 19.9. The number of ether oxygens (including phenoxy) is 1. The zero-order valence-corrected chi connectivity index (χ0v) is 18.3. The molecule has 0 spiro atoms. The largest absolute Gasteiger partial charge is 0.490 e. The molecule has 0 saturated carbocycles. The minimum absolute atomic E-state index is 0.0682. The van der Waals surface area contributed by atoms with Crippen LogP contribution in [0.5, 0.6) is 5.75 Å². The fraction of sp³-hybridized carbons (Fsp3) is 0.429. The predicted octanol–water partition coefficient (Wildman–Crippen LogP) is 3.18. The first kappa shape index (κ1) is 22.1. The number of nitrogens with zero attached hydrogens (tertiary/aromatic N) is 2. The number of β-amino-alcohol motifs (C(OH)–C–C–N with tert-alkyl or cyclic N) is 1. The number of halogens is 3. The monoisotopic (exact) mass is 469 g/mol. The van der Waals surface area contributed by atoms with Gasteiger partial charge in [0.1, 0.15) is 35.2 Å². The van der Waals surface area contributed by atoms with Crippen molar-refractivity contribution in [3.63, 3.8) is 0 Å². The normalized spacial score (nSPS) is 25.7. The van der Waals surface area contributed by atoms with E-state index in [0.717, 1.165) is 0 Å². The summed E-state index contributed by atoms with van der Waals surface area (Å²) in [7, 11) is 0. The number of aliphatic hydroxyl groups is 2. The summed E-state index contributed by atoms with van der Waals surface area (Å²) in [6, 6.07) is 4.25. The Morgan fingerprint density at radius 3 is 2.81 bits per heavy atom. The first-order chi connectivity index (χ1) is 14.6. The summed E-state index contributed by atoms with van der Waals surface area (Å²) in [6.07, 6.45) is 2.20. The van der Waals surface area contributed by atoms with Crippen molar-refractivity contribution in [3.05, 3.63) is 45.8 Å². The maximum Gasteiger partial charge on any atom is 0.224 e. The van der Waals surface area contributed by atoms with Gasteiger partial charge in [0, 0.05) is 24.7 Å². The summed E-state index contributed by atoms with van der Waals surface area (Å²) in [4.78, 5) is 17.6. The van der Waals surface area contributed by atoms with E-state index in [1.165, 1.54) is 25.3 Å². The van der Waals surface area contributed by atoms with Crippen LogP contribution in [0.2, 0.25) is 10.0 Å². The maximum atomic E-state index is 14.1. The van der Waals surface area contributed by atoms with Gasteiger partial charge in [-0.3, -0.25) is 4.79 Å². The van der Waals surface area contributed by atoms with Crippen molar-refractivity contribution in [1.82, 2.24) is 4.98 Å². The summed E-state index contributed by atoms with van der Waals surface area (Å²) in [6.45, 7) is 1.76. The average Bonchev–Trinajstić information content (AvgIpc) is 2.70. The summed E-state index contributed by atoms with van der Waals surface area (Å²) in [5, 5.41) is 25.6. The Bertz CT molecular complexity index is 1040. The van der Waals surface area contributed by atoms with E-state index < -0.39 is 17.0 Å². The molecule has 0 radical (unpaired) electrons. The lowest BCUT2D eigenvalue weighted by molar-refractivity contribution is -0.166. The van der Waals surface area contributed by atoms with Gasteiger partial charge >= 0.3 is 0 Å². The molecule has 0 bridgehead atoms. The van der Waals surface area contributed by atoms with E-state index in [1.807, 2.05) is 0 Å². The number of rotatable bonds is 4. The molecule has 0 unspecified atom stereocenters. The lowest BCUT2D eigenvalue weighted by Gasteiger charge is -2.48. The number of amides is 1. The van der Waals surface area contributed by atoms with Crippen molar-refractivity contribution in [2.75, 3.05) is 29.9 Å². The SMILES string of the molecule is C[C@]1(O)CN(c2ncc(Cl)cc2Cl)CC[C@]1(O)COc1ccc(F)c2c1CCC(=O)N2. The van der Waals surface area contributed by atoms with Crippen LogP contribution in [-0.4, -0.2) is 52.0 Å². The van der Waals surface area contributed by atoms with Crippen LogP contribution in [0.3, 0.4) is 0 Å². The molecular formula is C21H22Cl2FN3O4. The van der Waals surface area contributed by atoms with Gasteiger partial charge in [-0.25, -0.2) is 9.37 Å². The Labute approximate surface area is 188 Å². The van der Waals surface area contributed by atoms with Crippen LogP contribution in [0.1, 0.15) is 25.3 Å². The average molecular weight is 470 g/mol. The highest BCUT2D eigenvalue weighted by molar-refractivity contribution is 6.36. The van der Waals surface area contributed by atoms with Crippen molar-refractivity contribution < 1.29 is 24.1 Å². The van der Waals surface area contributed by atoms with Gasteiger partial charge in [0.15, 0.2) is 0 Å². The molecule has 3 N–H and O–H groups in total. The van der Waals surface area contributed by atoms with Crippen LogP contribution in [0.4, 0.5) is 15.9 Å². The number of fused-ring (bicyclic) bond motifs is 1. The van der Waals surface area contributed by atoms with E-state index in [0.29, 0.717) is 40.1 Å². The van der Waals surface area contributed by atoms with Crippen molar-refractivity contribution in [2.45, 2.75) is 37.4 Å². The van der Waals surface area contributed by atoms with Crippen LogP contribution in [0.25, 0.3) is 0 Å². The number of piperidine rings is 1. The first-order valence-electron chi connectivity index (χ1n) is 9.84. The highest BCUT2D eigenvalue weighted by Crippen LogP contribution is 2.38. The van der Waals surface area contributed by atoms with Gasteiger partial charge in [-0.1, -0.05) is 23.2 Å². The third kappa shape index (κ3) is 4.17. The smallest absolute Gasteiger partial charge is 0.224 e. The second-order valence-corrected chi connectivity index (χ2v) is 9.02. The summed E-state index contributed by atoms with van der Waals surface area (Å²) >= 11 is 12.1. The second kappa shape index (κ2) is 8.09. The molecule has 10 heteroatoms. The molecule has 1 saturated heterocycles. The maximum absolute atomic E-state index is 14.1. The van der Waals surface area contributed by atoms with Crippen LogP contribution < -0.4 is 15.0 Å². The molecule has 1 fully saturated rings. The molecule has 166 valence electrons. The van der Waals surface area contributed by atoms with Crippen LogP contribution in [0.15, 0.2) is 24.4 Å². The van der Waals surface area contributed by atoms with E-state index in [1.54, 1.807) is 11.0 Å². The zero-order chi connectivity index (χ0) is 22.4. The second-order valence-electron chi connectivity index (χ2n) is 8.17. The number of nitrogens with one attached hydrogen (secondary N) is 1. The summed E-state index contributed by atoms with van der Waals surface area (Å²) in [5.41, 5.74) is -2.48. The Morgan fingerprint density at radius 2 is 2.10 bits per heavy atom. The molecule has 2 aromatic rings. The molecule has 7 nitrogen and oxygen atoms in total. The van der Waals surface area contributed by atoms with Gasteiger partial charge < -0.3 is 25.2 Å². The molecule has 1 aromatic heterocycles. The third-order valence-corrected chi connectivity index (χ3v) is 6.42. The van der Waals surface area contributed by atoms with Crippen LogP contribution in [0, 0.1) is 5.82 Å². The molecule has 1 amide bonds. The Morgan fingerprint density at radius 1 is 1.32 bits per heavy atom. The molecule has 2 aliphatic rings. The van der Waals surface area contributed by atoms with E-state index in [2.05, 4.69) is 10.3 Å². The summed E-state index contributed by atoms with van der Waals surface area (Å²) in [5.74, 6) is 0.0387. The number of hydrogen-bond acceptors (Lipinski definition) is 6. The lowest BCUT2D eigenvalue weighted by Crippen LogP contribution is -2.66. The van der Waals surface area contributed by atoms with Gasteiger partial charge in [-0.15, -0.1) is 0 Å². The fourth-order valence-corrected chi connectivity index (χ4v) is 4.49. The molecular weight excluding hydrogens is 448 g/mol. The van der Waals surface area contributed by atoms with Gasteiger partial charge in [0.05, 0.1) is 22.3 Å². The number of pyridine rings is 1. The van der Waals surface area contributed by atoms with E-state index >= 15 is 0 Å². The predicted molar refractivity (Wildman–Crippen MR) is 116 cm³/mol. The van der Waals surface area contributed by atoms with Crippen molar-refractivity contribution in [2.24, 2.45) is 0 Å². The minimum Gasteiger partial charge on any atom is -0.490 e. The van der Waals surface area contributed by atoms with Gasteiger partial charge in [-0.2, -0.15) is 0 Å². The van der Waals surface area contributed by atoms with Crippen molar-refractivity contribution in [3.8, 4) is 5.75 Å². The number of aromatic nitrogens is 1. The van der Waals surface area contributed by atoms with Crippen LogP contribution in [-0.2, 0) is 11.2 Å². The molecule has 4 rings (SSSR count). The fourth-order valence-electron chi connectivity index (χ4n) is 3.99. The highest BCUT2D eigenvalue weighted by atomic mass is 35.5. The Kier molecular flexibility index (Phi) is 5.76. The lowest BCUT2D eigenvalue weighted by atomic mass is 9.78. The third-order valence-electron chi connectivity index (χ3n) is 5.94. The van der Waals surface area contributed by atoms with Crippen LogP contribution >= 0.6 is 23.2 Å². The molecule has 1 aromatic carbocycles. The molecule has 2 aliphatic heterocycles. The Balaban J connectivity index is 1.51. The van der Waals surface area contributed by atoms with E-state index in [9.17, 15) is 19.4 Å². The number of anilines is 2. The topological polar surface area (TPSA) is 94.9 Å². The van der Waals surface area contributed by atoms with Gasteiger partial charge in [-0.05, 0) is 38.0 Å².